The maximum absolute atomic E-state index is 13.1. The van der Waals surface area contributed by atoms with Crippen molar-refractivity contribution in [1.82, 2.24) is 9.29 Å². The lowest BCUT2D eigenvalue weighted by atomic mass is 10.0. The van der Waals surface area contributed by atoms with E-state index in [1.54, 1.807) is 32.2 Å². The van der Waals surface area contributed by atoms with Crippen molar-refractivity contribution >= 4 is 16.0 Å². The first-order valence-corrected chi connectivity index (χ1v) is 9.50. The number of esters is 1. The summed E-state index contributed by atoms with van der Waals surface area (Å²) in [5.74, 6) is 0.338. The second-order valence-electron chi connectivity index (χ2n) is 6.54. The van der Waals surface area contributed by atoms with Crippen molar-refractivity contribution in [1.29, 1.82) is 0 Å². The average Bonchev–Trinajstić information content (AvgIpc) is 3.26. The topological polar surface area (TPSA) is 89.7 Å². The highest BCUT2D eigenvalue weighted by atomic mass is 32.2. The molecule has 0 bridgehead atoms. The molecule has 0 amide bonds. The fourth-order valence-electron chi connectivity index (χ4n) is 3.43. The van der Waals surface area contributed by atoms with Crippen molar-refractivity contribution in [3.63, 3.8) is 0 Å². The Balaban J connectivity index is 1.70. The van der Waals surface area contributed by atoms with Gasteiger partial charge in [0.15, 0.2) is 11.7 Å². The Morgan fingerprint density at radius 3 is 2.72 bits per heavy atom. The van der Waals surface area contributed by atoms with Crippen LogP contribution in [-0.4, -0.2) is 43.4 Å². The van der Waals surface area contributed by atoms with E-state index in [2.05, 4.69) is 4.98 Å². The lowest BCUT2D eigenvalue weighted by molar-refractivity contribution is -0.141. The van der Waals surface area contributed by atoms with Crippen molar-refractivity contribution in [3.8, 4) is 11.3 Å². The molecule has 2 aliphatic rings. The minimum atomic E-state index is -3.70. The Bertz CT molecular complexity index is 950. The SMILES string of the molecule is Cc1ncc(-c2ccc(C)c(S(=O)(=O)N3C[C@@H]4COC(=O)[C@@H]4C3)c2)o1. The normalized spacial score (nSPS) is 23.7. The molecule has 1 aromatic heterocycles. The monoisotopic (exact) mass is 362 g/mol. The van der Waals surface area contributed by atoms with Gasteiger partial charge in [-0.2, -0.15) is 4.31 Å². The summed E-state index contributed by atoms with van der Waals surface area (Å²) in [5, 5.41) is 0. The van der Waals surface area contributed by atoms with Crippen LogP contribution in [0, 0.1) is 25.7 Å². The van der Waals surface area contributed by atoms with Crippen LogP contribution >= 0.6 is 0 Å². The molecule has 0 saturated carbocycles. The summed E-state index contributed by atoms with van der Waals surface area (Å²) in [6, 6.07) is 5.17. The van der Waals surface area contributed by atoms with E-state index < -0.39 is 10.0 Å². The molecule has 8 heteroatoms. The zero-order chi connectivity index (χ0) is 17.8. The van der Waals surface area contributed by atoms with E-state index in [0.717, 1.165) is 0 Å². The van der Waals surface area contributed by atoms with Gasteiger partial charge >= 0.3 is 5.97 Å². The third kappa shape index (κ3) is 2.65. The van der Waals surface area contributed by atoms with Crippen LogP contribution in [0.4, 0.5) is 0 Å². The molecular weight excluding hydrogens is 344 g/mol. The highest BCUT2D eigenvalue weighted by molar-refractivity contribution is 7.89. The quantitative estimate of drug-likeness (QED) is 0.773. The van der Waals surface area contributed by atoms with E-state index in [-0.39, 0.29) is 29.2 Å². The number of carbonyl (C=O) groups is 1. The number of rotatable bonds is 3. The first-order valence-electron chi connectivity index (χ1n) is 8.06. The first kappa shape index (κ1) is 16.3. The Kier molecular flexibility index (Phi) is 3.69. The van der Waals surface area contributed by atoms with Gasteiger partial charge in [0.1, 0.15) is 0 Å². The fraction of sp³-hybridized carbons (Fsp3) is 0.412. The molecule has 0 radical (unpaired) electrons. The highest BCUT2D eigenvalue weighted by Crippen LogP contribution is 2.35. The lowest BCUT2D eigenvalue weighted by Crippen LogP contribution is -2.31. The van der Waals surface area contributed by atoms with Crippen LogP contribution in [0.25, 0.3) is 11.3 Å². The number of sulfonamides is 1. The predicted octanol–water partition coefficient (Wildman–Crippen LogP) is 1.75. The van der Waals surface area contributed by atoms with Crippen LogP contribution in [0.2, 0.25) is 0 Å². The molecule has 7 nitrogen and oxygen atoms in total. The minimum Gasteiger partial charge on any atom is -0.465 e. The summed E-state index contributed by atoms with van der Waals surface area (Å²) >= 11 is 0. The van der Waals surface area contributed by atoms with Gasteiger partial charge < -0.3 is 9.15 Å². The van der Waals surface area contributed by atoms with Crippen LogP contribution in [0.15, 0.2) is 33.7 Å². The molecule has 0 unspecified atom stereocenters. The van der Waals surface area contributed by atoms with Crippen molar-refractivity contribution in [2.24, 2.45) is 11.8 Å². The number of nitrogens with zero attached hydrogens (tertiary/aromatic N) is 2. The number of aromatic nitrogens is 1. The molecule has 4 rings (SSSR count). The Hall–Kier alpha value is -2.19. The summed E-state index contributed by atoms with van der Waals surface area (Å²) < 4.78 is 38.1. The number of aryl methyl sites for hydroxylation is 2. The van der Waals surface area contributed by atoms with Crippen molar-refractivity contribution < 1.29 is 22.4 Å². The Morgan fingerprint density at radius 1 is 1.24 bits per heavy atom. The third-order valence-electron chi connectivity index (χ3n) is 4.86. The maximum atomic E-state index is 13.1. The molecule has 0 N–H and O–H groups in total. The number of hydrogen-bond acceptors (Lipinski definition) is 6. The molecule has 2 saturated heterocycles. The van der Waals surface area contributed by atoms with Crippen LogP contribution in [-0.2, 0) is 19.6 Å². The van der Waals surface area contributed by atoms with Crippen LogP contribution < -0.4 is 0 Å². The van der Waals surface area contributed by atoms with Gasteiger partial charge in [0, 0.05) is 31.5 Å². The van der Waals surface area contributed by atoms with Gasteiger partial charge in [0.25, 0.3) is 0 Å². The van der Waals surface area contributed by atoms with E-state index >= 15 is 0 Å². The third-order valence-corrected chi connectivity index (χ3v) is 6.84. The number of fused-ring (bicyclic) bond motifs is 1. The second-order valence-corrected chi connectivity index (χ2v) is 8.45. The predicted molar refractivity (Wildman–Crippen MR) is 88.1 cm³/mol. The Labute approximate surface area is 145 Å². The van der Waals surface area contributed by atoms with Gasteiger partial charge in [-0.1, -0.05) is 12.1 Å². The maximum Gasteiger partial charge on any atom is 0.310 e. The molecule has 0 spiro atoms. The summed E-state index contributed by atoms with van der Waals surface area (Å²) in [4.78, 5) is 16.0. The van der Waals surface area contributed by atoms with E-state index in [1.165, 1.54) is 4.31 Å². The van der Waals surface area contributed by atoms with E-state index in [1.807, 2.05) is 6.07 Å². The lowest BCUT2D eigenvalue weighted by Gasteiger charge is -2.19. The van der Waals surface area contributed by atoms with Gasteiger partial charge in [-0.15, -0.1) is 0 Å². The average molecular weight is 362 g/mol. The highest BCUT2D eigenvalue weighted by Gasteiger charge is 2.47. The molecule has 2 fully saturated rings. The van der Waals surface area contributed by atoms with Gasteiger partial charge in [-0.05, 0) is 18.6 Å². The summed E-state index contributed by atoms with van der Waals surface area (Å²) in [7, 11) is -3.70. The smallest absolute Gasteiger partial charge is 0.310 e. The molecule has 25 heavy (non-hydrogen) atoms. The molecule has 132 valence electrons. The van der Waals surface area contributed by atoms with Gasteiger partial charge in [0.2, 0.25) is 10.0 Å². The van der Waals surface area contributed by atoms with Crippen molar-refractivity contribution in [3.05, 3.63) is 35.9 Å². The standard InChI is InChI=1S/C17H18N2O5S/c1-10-3-4-12(15-6-18-11(2)24-15)5-16(10)25(21,22)19-7-13-9-23-17(20)14(13)8-19/h3-6,13-14H,7-9H2,1-2H3/t13-,14-/m1/s1. The molecule has 2 aliphatic heterocycles. The van der Waals surface area contributed by atoms with Gasteiger partial charge in [-0.25, -0.2) is 13.4 Å². The molecule has 2 aromatic rings. The molecule has 0 aliphatic carbocycles. The number of benzene rings is 1. The summed E-state index contributed by atoms with van der Waals surface area (Å²) in [5.41, 5.74) is 1.31. The second kappa shape index (κ2) is 5.67. The molecule has 3 heterocycles. The first-order chi connectivity index (χ1) is 11.9. The van der Waals surface area contributed by atoms with Gasteiger partial charge in [0.05, 0.1) is 23.6 Å². The number of carbonyl (C=O) groups excluding carboxylic acids is 1. The minimum absolute atomic E-state index is 0.0531. The van der Waals surface area contributed by atoms with Crippen LogP contribution in [0.1, 0.15) is 11.5 Å². The van der Waals surface area contributed by atoms with E-state index in [4.69, 9.17) is 9.15 Å². The molecule has 1 aromatic carbocycles. The number of hydrogen-bond donors (Lipinski definition) is 0. The van der Waals surface area contributed by atoms with E-state index in [9.17, 15) is 13.2 Å². The number of oxazole rings is 1. The summed E-state index contributed by atoms with van der Waals surface area (Å²) in [6.07, 6.45) is 1.58. The zero-order valence-corrected chi connectivity index (χ0v) is 14.7. The Morgan fingerprint density at radius 2 is 2.04 bits per heavy atom. The fourth-order valence-corrected chi connectivity index (χ4v) is 5.20. The van der Waals surface area contributed by atoms with Gasteiger partial charge in [-0.3, -0.25) is 4.79 Å². The van der Waals surface area contributed by atoms with E-state index in [0.29, 0.717) is 35.9 Å². The largest absolute Gasteiger partial charge is 0.465 e. The number of ether oxygens (including phenoxy) is 1. The number of cyclic esters (lactones) is 1. The molecule has 2 atom stereocenters. The van der Waals surface area contributed by atoms with Crippen LogP contribution in [0.3, 0.4) is 0 Å². The molecular formula is C17H18N2O5S. The van der Waals surface area contributed by atoms with Crippen LogP contribution in [0.5, 0.6) is 0 Å². The van der Waals surface area contributed by atoms with Crippen molar-refractivity contribution in [2.45, 2.75) is 18.7 Å². The summed E-state index contributed by atoms with van der Waals surface area (Å²) in [6.45, 7) is 4.28. The van der Waals surface area contributed by atoms with Crippen molar-refractivity contribution in [2.75, 3.05) is 19.7 Å². The zero-order valence-electron chi connectivity index (χ0n) is 13.9.